The summed E-state index contributed by atoms with van der Waals surface area (Å²) >= 11 is 0. The molecule has 3 N–H and O–H groups in total. The Balaban J connectivity index is 2.91. The van der Waals surface area contributed by atoms with Gasteiger partial charge in [0.25, 0.3) is 5.91 Å². The molecule has 98 valence electrons. The van der Waals surface area contributed by atoms with Gasteiger partial charge in [0.15, 0.2) is 5.75 Å². The summed E-state index contributed by atoms with van der Waals surface area (Å²) < 4.78 is 4.88. The van der Waals surface area contributed by atoms with Gasteiger partial charge in [0, 0.05) is 30.3 Å². The number of hydrogen-bond acceptors (Lipinski definition) is 5. The third kappa shape index (κ3) is 3.42. The number of rotatable bonds is 5. The quantitative estimate of drug-likeness (QED) is 0.592. The van der Waals surface area contributed by atoms with Crippen molar-refractivity contribution < 1.29 is 14.5 Å². The third-order valence-corrected chi connectivity index (χ3v) is 2.22. The van der Waals surface area contributed by atoms with E-state index in [1.165, 1.54) is 25.3 Å². The Labute approximate surface area is 104 Å². The van der Waals surface area contributed by atoms with Crippen LogP contribution in [0, 0.1) is 10.1 Å². The van der Waals surface area contributed by atoms with Crippen molar-refractivity contribution in [1.29, 1.82) is 0 Å². The number of nitrogens with one attached hydrogen (secondary N) is 1. The fraction of sp³-hybridized carbons (Fsp3) is 0.364. The minimum atomic E-state index is -0.567. The number of nitrogens with zero attached hydrogens (tertiary/aromatic N) is 1. The highest BCUT2D eigenvalue weighted by atomic mass is 16.6. The van der Waals surface area contributed by atoms with Gasteiger partial charge in [-0.15, -0.1) is 0 Å². The molecule has 18 heavy (non-hydrogen) atoms. The molecule has 0 radical (unpaired) electrons. The number of carbonyl (C=O) groups excluding carboxylic acids is 1. The molecule has 1 unspecified atom stereocenters. The summed E-state index contributed by atoms with van der Waals surface area (Å²) in [5.41, 5.74) is 5.62. The molecule has 0 bridgehead atoms. The molecule has 1 atom stereocenters. The van der Waals surface area contributed by atoms with E-state index in [1.54, 1.807) is 6.92 Å². The first-order valence-corrected chi connectivity index (χ1v) is 5.32. The lowest BCUT2D eigenvalue weighted by Gasteiger charge is -2.08. The van der Waals surface area contributed by atoms with Crippen LogP contribution in [0.3, 0.4) is 0 Å². The summed E-state index contributed by atoms with van der Waals surface area (Å²) in [6.45, 7) is 2.09. The number of carbonyl (C=O) groups is 1. The number of benzene rings is 1. The zero-order valence-corrected chi connectivity index (χ0v) is 10.2. The van der Waals surface area contributed by atoms with E-state index in [4.69, 9.17) is 10.5 Å². The minimum Gasteiger partial charge on any atom is -0.490 e. The molecular formula is C11H15N3O4. The van der Waals surface area contributed by atoms with Gasteiger partial charge in [-0.25, -0.2) is 0 Å². The maximum absolute atomic E-state index is 11.7. The van der Waals surface area contributed by atoms with Crippen molar-refractivity contribution >= 4 is 11.6 Å². The molecule has 1 rings (SSSR count). The third-order valence-electron chi connectivity index (χ3n) is 2.22. The maximum atomic E-state index is 11.7. The second kappa shape index (κ2) is 5.97. The number of amides is 1. The predicted molar refractivity (Wildman–Crippen MR) is 65.6 cm³/mol. The molecule has 0 saturated heterocycles. The van der Waals surface area contributed by atoms with Gasteiger partial charge >= 0.3 is 5.69 Å². The molecule has 1 amide bonds. The van der Waals surface area contributed by atoms with Crippen molar-refractivity contribution in [1.82, 2.24) is 5.32 Å². The van der Waals surface area contributed by atoms with Crippen LogP contribution in [0.25, 0.3) is 0 Å². The van der Waals surface area contributed by atoms with Crippen LogP contribution in [0.15, 0.2) is 18.2 Å². The van der Waals surface area contributed by atoms with E-state index in [9.17, 15) is 14.9 Å². The highest BCUT2D eigenvalue weighted by Crippen LogP contribution is 2.27. The summed E-state index contributed by atoms with van der Waals surface area (Å²) in [6.07, 6.45) is 0. The molecule has 0 fully saturated rings. The maximum Gasteiger partial charge on any atom is 0.310 e. The summed E-state index contributed by atoms with van der Waals surface area (Å²) in [6, 6.07) is 3.78. The Kier molecular flexibility index (Phi) is 4.61. The van der Waals surface area contributed by atoms with Crippen molar-refractivity contribution in [2.24, 2.45) is 5.73 Å². The smallest absolute Gasteiger partial charge is 0.310 e. The fourth-order valence-corrected chi connectivity index (χ4v) is 1.33. The Hall–Kier alpha value is -2.15. The summed E-state index contributed by atoms with van der Waals surface area (Å²) in [4.78, 5) is 21.8. The van der Waals surface area contributed by atoms with Gasteiger partial charge in [-0.3, -0.25) is 14.9 Å². The first-order valence-electron chi connectivity index (χ1n) is 5.32. The van der Waals surface area contributed by atoms with Crippen LogP contribution in [0.4, 0.5) is 5.69 Å². The summed E-state index contributed by atoms with van der Waals surface area (Å²) in [5.74, 6) is -0.297. The number of nitrogens with two attached hydrogens (primary N) is 1. The van der Waals surface area contributed by atoms with Crippen LogP contribution in [0.2, 0.25) is 0 Å². The number of ether oxygens (including phenoxy) is 1. The highest BCUT2D eigenvalue weighted by Gasteiger charge is 2.17. The van der Waals surface area contributed by atoms with Crippen LogP contribution in [0.5, 0.6) is 5.75 Å². The molecule has 0 aliphatic carbocycles. The zero-order chi connectivity index (χ0) is 13.7. The van der Waals surface area contributed by atoms with Crippen molar-refractivity contribution in [2.75, 3.05) is 13.7 Å². The van der Waals surface area contributed by atoms with E-state index in [0.717, 1.165) is 0 Å². The average Bonchev–Trinajstić information content (AvgIpc) is 2.34. The Morgan fingerprint density at radius 3 is 2.78 bits per heavy atom. The van der Waals surface area contributed by atoms with Crippen LogP contribution in [0.1, 0.15) is 17.3 Å². The lowest BCUT2D eigenvalue weighted by atomic mass is 10.1. The number of nitro groups is 1. The predicted octanol–water partition coefficient (Wildman–Crippen LogP) is 0.680. The molecule has 0 saturated carbocycles. The largest absolute Gasteiger partial charge is 0.490 e. The van der Waals surface area contributed by atoms with E-state index in [1.807, 2.05) is 0 Å². The van der Waals surface area contributed by atoms with Gasteiger partial charge in [0.2, 0.25) is 0 Å². The normalized spacial score (nSPS) is 11.7. The number of methoxy groups -OCH3 is 1. The average molecular weight is 253 g/mol. The molecular weight excluding hydrogens is 238 g/mol. The molecule has 1 aromatic rings. The second-order valence-corrected chi connectivity index (χ2v) is 3.83. The van der Waals surface area contributed by atoms with Crippen molar-refractivity contribution in [2.45, 2.75) is 13.0 Å². The van der Waals surface area contributed by atoms with Gasteiger partial charge < -0.3 is 15.8 Å². The molecule has 0 aliphatic heterocycles. The standard InChI is InChI=1S/C11H15N3O4/c1-7(12)6-13-11(15)8-3-4-9(14(16)17)10(5-8)18-2/h3-5,7H,6,12H2,1-2H3,(H,13,15). The SMILES string of the molecule is COc1cc(C(=O)NCC(C)N)ccc1[N+](=O)[O-]. The lowest BCUT2D eigenvalue weighted by Crippen LogP contribution is -2.35. The van der Waals surface area contributed by atoms with Crippen molar-refractivity contribution in [3.05, 3.63) is 33.9 Å². The van der Waals surface area contributed by atoms with Gasteiger partial charge in [-0.2, -0.15) is 0 Å². The first-order chi connectivity index (χ1) is 8.45. The second-order valence-electron chi connectivity index (χ2n) is 3.83. The topological polar surface area (TPSA) is 107 Å². The first kappa shape index (κ1) is 13.9. The Bertz CT molecular complexity index is 460. The fourth-order valence-electron chi connectivity index (χ4n) is 1.33. The van der Waals surface area contributed by atoms with E-state index in [-0.39, 0.29) is 28.9 Å². The van der Waals surface area contributed by atoms with Crippen LogP contribution < -0.4 is 15.8 Å². The van der Waals surface area contributed by atoms with Crippen LogP contribution in [-0.4, -0.2) is 30.5 Å². The van der Waals surface area contributed by atoms with Gasteiger partial charge in [0.05, 0.1) is 12.0 Å². The molecule has 0 aromatic heterocycles. The molecule has 0 spiro atoms. The molecule has 1 aromatic carbocycles. The van der Waals surface area contributed by atoms with Crippen molar-refractivity contribution in [3.63, 3.8) is 0 Å². The van der Waals surface area contributed by atoms with E-state index >= 15 is 0 Å². The molecule has 0 heterocycles. The molecule has 0 aliphatic rings. The van der Waals surface area contributed by atoms with Crippen LogP contribution in [-0.2, 0) is 0 Å². The number of hydrogen-bond donors (Lipinski definition) is 2. The van der Waals surface area contributed by atoms with Crippen molar-refractivity contribution in [3.8, 4) is 5.75 Å². The minimum absolute atomic E-state index is 0.0495. The lowest BCUT2D eigenvalue weighted by molar-refractivity contribution is -0.385. The van der Waals surface area contributed by atoms with Gasteiger partial charge in [0.1, 0.15) is 0 Å². The van der Waals surface area contributed by atoms with E-state index in [2.05, 4.69) is 5.32 Å². The van der Waals surface area contributed by atoms with E-state index in [0.29, 0.717) is 6.54 Å². The van der Waals surface area contributed by atoms with Gasteiger partial charge in [-0.05, 0) is 13.0 Å². The monoisotopic (exact) mass is 253 g/mol. The Morgan fingerprint density at radius 1 is 1.61 bits per heavy atom. The molecule has 7 nitrogen and oxygen atoms in total. The number of nitro benzene ring substituents is 1. The zero-order valence-electron chi connectivity index (χ0n) is 10.2. The molecule has 7 heteroatoms. The van der Waals surface area contributed by atoms with Gasteiger partial charge in [-0.1, -0.05) is 0 Å². The Morgan fingerprint density at radius 2 is 2.28 bits per heavy atom. The summed E-state index contributed by atoms with van der Waals surface area (Å²) in [7, 11) is 1.31. The van der Waals surface area contributed by atoms with E-state index < -0.39 is 4.92 Å². The highest BCUT2D eigenvalue weighted by molar-refractivity contribution is 5.95. The van der Waals surface area contributed by atoms with Crippen LogP contribution >= 0.6 is 0 Å². The summed E-state index contributed by atoms with van der Waals surface area (Å²) in [5, 5.41) is 13.3.